The maximum Gasteiger partial charge on any atom is 0.222 e. The van der Waals surface area contributed by atoms with Crippen LogP contribution in [0.15, 0.2) is 0 Å². The summed E-state index contributed by atoms with van der Waals surface area (Å²) in [5, 5.41) is 3.37. The van der Waals surface area contributed by atoms with Crippen molar-refractivity contribution >= 4 is 5.91 Å². The van der Waals surface area contributed by atoms with E-state index in [-0.39, 0.29) is 0 Å². The summed E-state index contributed by atoms with van der Waals surface area (Å²) in [5.41, 5.74) is 0. The first-order valence-electron chi connectivity index (χ1n) is 5.34. The Bertz CT molecular complexity index is 182. The van der Waals surface area contributed by atoms with Crippen LogP contribution in [0.2, 0.25) is 0 Å². The molecule has 1 N–H and O–H groups in total. The molecule has 0 aliphatic carbocycles. The van der Waals surface area contributed by atoms with E-state index in [9.17, 15) is 4.79 Å². The van der Waals surface area contributed by atoms with Gasteiger partial charge in [-0.15, -0.1) is 0 Å². The van der Waals surface area contributed by atoms with Crippen LogP contribution in [0.3, 0.4) is 0 Å². The quantitative estimate of drug-likeness (QED) is 0.659. The van der Waals surface area contributed by atoms with Crippen LogP contribution in [-0.2, 0) is 4.79 Å². The molecule has 0 aromatic heterocycles. The summed E-state index contributed by atoms with van der Waals surface area (Å²) in [7, 11) is 0. The molecule has 2 bridgehead atoms. The Morgan fingerprint density at radius 3 is 2.62 bits per heavy atom. The number of nitrogens with zero attached hydrogens (tertiary/aromatic N) is 1. The largest absolute Gasteiger partial charge is 0.337 e. The predicted molar refractivity (Wildman–Crippen MR) is 53.5 cm³/mol. The van der Waals surface area contributed by atoms with Crippen LogP contribution in [0.1, 0.15) is 33.6 Å². The molecule has 76 valence electrons. The van der Waals surface area contributed by atoms with Gasteiger partial charge in [-0.2, -0.15) is 0 Å². The number of piperazine rings is 1. The second-order valence-corrected chi connectivity index (χ2v) is 3.39. The van der Waals surface area contributed by atoms with Crippen molar-refractivity contribution in [3.05, 3.63) is 0 Å². The van der Waals surface area contributed by atoms with E-state index in [1.165, 1.54) is 6.42 Å². The van der Waals surface area contributed by atoms with E-state index >= 15 is 0 Å². The third-order valence-corrected chi connectivity index (χ3v) is 2.68. The zero-order chi connectivity index (χ0) is 9.84. The lowest BCUT2D eigenvalue weighted by molar-refractivity contribution is -0.132. The first kappa shape index (κ1) is 10.5. The normalized spacial score (nSPS) is 29.9. The van der Waals surface area contributed by atoms with Crippen molar-refractivity contribution in [3.8, 4) is 0 Å². The Hall–Kier alpha value is -0.570. The number of hydrogen-bond donors (Lipinski definition) is 1. The van der Waals surface area contributed by atoms with Crippen LogP contribution in [-0.4, -0.2) is 36.0 Å². The lowest BCUT2D eigenvalue weighted by Gasteiger charge is -2.26. The van der Waals surface area contributed by atoms with Crippen molar-refractivity contribution < 1.29 is 4.79 Å². The number of fused-ring (bicyclic) bond motifs is 2. The molecule has 2 aliphatic heterocycles. The zero-order valence-corrected chi connectivity index (χ0v) is 8.84. The van der Waals surface area contributed by atoms with E-state index in [0.717, 1.165) is 13.1 Å². The molecular weight excluding hydrogens is 164 g/mol. The van der Waals surface area contributed by atoms with E-state index in [2.05, 4.69) is 5.32 Å². The molecule has 1 amide bonds. The van der Waals surface area contributed by atoms with Gasteiger partial charge in [0.2, 0.25) is 5.91 Å². The fourth-order valence-corrected chi connectivity index (χ4v) is 2.07. The topological polar surface area (TPSA) is 32.3 Å². The summed E-state index contributed by atoms with van der Waals surface area (Å²) < 4.78 is 0. The van der Waals surface area contributed by atoms with Crippen LogP contribution in [0.4, 0.5) is 0 Å². The Kier molecular flexibility index (Phi) is 3.72. The number of carbonyl (C=O) groups is 1. The van der Waals surface area contributed by atoms with E-state index < -0.39 is 0 Å². The number of hydrogen-bond acceptors (Lipinski definition) is 2. The van der Waals surface area contributed by atoms with E-state index in [1.807, 2.05) is 25.7 Å². The number of rotatable bonds is 1. The minimum absolute atomic E-state index is 0.319. The summed E-state index contributed by atoms with van der Waals surface area (Å²) in [5.74, 6) is 0.319. The molecule has 2 atom stereocenters. The monoisotopic (exact) mass is 184 g/mol. The molecule has 2 unspecified atom stereocenters. The minimum atomic E-state index is 0.319. The van der Waals surface area contributed by atoms with Crippen molar-refractivity contribution in [1.82, 2.24) is 10.2 Å². The Morgan fingerprint density at radius 1 is 1.54 bits per heavy atom. The van der Waals surface area contributed by atoms with Gasteiger partial charge in [0.15, 0.2) is 0 Å². The lowest BCUT2D eigenvalue weighted by Crippen LogP contribution is -2.46. The van der Waals surface area contributed by atoms with Gasteiger partial charge >= 0.3 is 0 Å². The number of likely N-dealkylation sites (tertiary alicyclic amines) is 1. The van der Waals surface area contributed by atoms with E-state index in [4.69, 9.17) is 0 Å². The molecule has 2 fully saturated rings. The molecule has 3 nitrogen and oxygen atoms in total. The minimum Gasteiger partial charge on any atom is -0.337 e. The van der Waals surface area contributed by atoms with Crippen LogP contribution in [0.25, 0.3) is 0 Å². The molecule has 2 heterocycles. The average molecular weight is 184 g/mol. The summed E-state index contributed by atoms with van der Waals surface area (Å²) in [6.45, 7) is 7.88. The Morgan fingerprint density at radius 2 is 2.23 bits per heavy atom. The van der Waals surface area contributed by atoms with Crippen molar-refractivity contribution in [2.24, 2.45) is 0 Å². The molecule has 13 heavy (non-hydrogen) atoms. The van der Waals surface area contributed by atoms with Gasteiger partial charge in [0.25, 0.3) is 0 Å². The standard InChI is InChI=1S/C8H14N2O.C2H6/c1-2-8(11)10-5-6-3-7(10)4-9-6;1-2/h6-7,9H,2-5H2,1H3;1-2H3. The molecule has 2 aliphatic rings. The molecule has 0 saturated carbocycles. The molecule has 0 aromatic rings. The van der Waals surface area contributed by atoms with Gasteiger partial charge in [-0.05, 0) is 6.42 Å². The maximum absolute atomic E-state index is 11.3. The lowest BCUT2D eigenvalue weighted by atomic mass is 10.2. The second kappa shape index (κ2) is 4.61. The van der Waals surface area contributed by atoms with Gasteiger partial charge < -0.3 is 10.2 Å². The smallest absolute Gasteiger partial charge is 0.222 e. The molecule has 2 rings (SSSR count). The molecule has 2 saturated heterocycles. The molecule has 0 spiro atoms. The second-order valence-electron chi connectivity index (χ2n) is 3.39. The fraction of sp³-hybridized carbons (Fsp3) is 0.900. The highest BCUT2D eigenvalue weighted by atomic mass is 16.2. The molecule has 0 radical (unpaired) electrons. The maximum atomic E-state index is 11.3. The summed E-state index contributed by atoms with van der Waals surface area (Å²) in [4.78, 5) is 13.3. The van der Waals surface area contributed by atoms with Crippen LogP contribution < -0.4 is 5.32 Å². The highest BCUT2D eigenvalue weighted by molar-refractivity contribution is 5.76. The predicted octanol–water partition coefficient (Wildman–Crippen LogP) is 0.995. The molecular formula is C10H20N2O. The Labute approximate surface area is 80.5 Å². The highest BCUT2D eigenvalue weighted by Gasteiger charge is 2.39. The van der Waals surface area contributed by atoms with E-state index in [1.54, 1.807) is 0 Å². The van der Waals surface area contributed by atoms with Gasteiger partial charge in [-0.25, -0.2) is 0 Å². The number of nitrogens with one attached hydrogen (secondary N) is 1. The molecule has 0 aromatic carbocycles. The number of amides is 1. The van der Waals surface area contributed by atoms with Crippen LogP contribution in [0, 0.1) is 0 Å². The Balaban J connectivity index is 0.000000396. The summed E-state index contributed by atoms with van der Waals surface area (Å²) in [6, 6.07) is 1.10. The highest BCUT2D eigenvalue weighted by Crippen LogP contribution is 2.23. The first-order valence-corrected chi connectivity index (χ1v) is 5.34. The molecule has 3 heteroatoms. The SMILES string of the molecule is CC.CCC(=O)N1CC2CC1CN2. The summed E-state index contributed by atoms with van der Waals surface area (Å²) in [6.07, 6.45) is 1.83. The zero-order valence-electron chi connectivity index (χ0n) is 8.84. The third kappa shape index (κ3) is 2.02. The van der Waals surface area contributed by atoms with Crippen molar-refractivity contribution in [2.45, 2.75) is 45.7 Å². The summed E-state index contributed by atoms with van der Waals surface area (Å²) >= 11 is 0. The fourth-order valence-electron chi connectivity index (χ4n) is 2.07. The van der Waals surface area contributed by atoms with Gasteiger partial charge in [0.1, 0.15) is 0 Å². The number of carbonyl (C=O) groups excluding carboxylic acids is 1. The first-order chi connectivity index (χ1) is 6.31. The van der Waals surface area contributed by atoms with Crippen molar-refractivity contribution in [3.63, 3.8) is 0 Å². The third-order valence-electron chi connectivity index (χ3n) is 2.68. The van der Waals surface area contributed by atoms with Crippen LogP contribution in [0.5, 0.6) is 0 Å². The van der Waals surface area contributed by atoms with Gasteiger partial charge in [-0.1, -0.05) is 20.8 Å². The van der Waals surface area contributed by atoms with E-state index in [0.29, 0.717) is 24.4 Å². The van der Waals surface area contributed by atoms with Gasteiger partial charge in [0.05, 0.1) is 0 Å². The van der Waals surface area contributed by atoms with Gasteiger partial charge in [-0.3, -0.25) is 4.79 Å². The van der Waals surface area contributed by atoms with Gasteiger partial charge in [0, 0.05) is 31.6 Å². The van der Waals surface area contributed by atoms with Crippen molar-refractivity contribution in [1.29, 1.82) is 0 Å². The van der Waals surface area contributed by atoms with Crippen molar-refractivity contribution in [2.75, 3.05) is 13.1 Å². The van der Waals surface area contributed by atoms with Crippen LogP contribution >= 0.6 is 0 Å². The average Bonchev–Trinajstić information content (AvgIpc) is 2.80.